The molecule has 16 nitrogen and oxygen atoms in total. The van der Waals surface area contributed by atoms with Crippen molar-refractivity contribution in [3.05, 3.63) is 72.8 Å². The lowest BCUT2D eigenvalue weighted by atomic mass is 10.2. The van der Waals surface area contributed by atoms with Gasteiger partial charge in [-0.1, -0.05) is 0 Å². The van der Waals surface area contributed by atoms with Crippen molar-refractivity contribution >= 4 is 54.9 Å². The Bertz CT molecular complexity index is 1680. The maximum atomic E-state index is 12.6. The smallest absolute Gasteiger partial charge is 0.263 e. The second-order valence-corrected chi connectivity index (χ2v) is 12.1. The minimum atomic E-state index is -3.96. The molecule has 2 aromatic carbocycles. The zero-order valence-corrected chi connectivity index (χ0v) is 24.8. The fourth-order valence-electron chi connectivity index (χ4n) is 3.47. The Balaban J connectivity index is 1.24. The van der Waals surface area contributed by atoms with Crippen LogP contribution in [0.5, 0.6) is 11.8 Å². The predicted molar refractivity (Wildman–Crippen MR) is 158 cm³/mol. The number of hydrogen-bond acceptors (Lipinski definition) is 12. The van der Waals surface area contributed by atoms with Crippen molar-refractivity contribution in [2.24, 2.45) is 0 Å². The Labute approximate surface area is 252 Å². The summed E-state index contributed by atoms with van der Waals surface area (Å²) in [6, 6.07) is 16.5. The van der Waals surface area contributed by atoms with Crippen molar-refractivity contribution in [1.29, 1.82) is 0 Å². The topological polar surface area (TPSA) is 221 Å². The lowest BCUT2D eigenvalue weighted by Crippen LogP contribution is -2.18. The molecule has 0 aliphatic carbocycles. The van der Waals surface area contributed by atoms with Gasteiger partial charge in [-0.3, -0.25) is 19.0 Å². The molecule has 0 fully saturated rings. The summed E-state index contributed by atoms with van der Waals surface area (Å²) >= 11 is 0. The molecule has 0 spiro atoms. The van der Waals surface area contributed by atoms with Gasteiger partial charge in [0.05, 0.1) is 24.0 Å². The Morgan fingerprint density at radius 3 is 1.23 bits per heavy atom. The van der Waals surface area contributed by atoms with Gasteiger partial charge in [-0.25, -0.2) is 16.8 Å². The SMILES string of the molecule is COc1ccc(NS(=O)(=O)c2ccc(NC(=O)CCC(=O)Nc3ccc(S(=O)(=O)Nc4ccc(OC)nn4)cc3)cc2)nn1. The minimum absolute atomic E-state index is 0.000476. The molecule has 0 saturated carbocycles. The maximum absolute atomic E-state index is 12.6. The van der Waals surface area contributed by atoms with Gasteiger partial charge in [0.15, 0.2) is 11.6 Å². The molecule has 0 saturated heterocycles. The highest BCUT2D eigenvalue weighted by atomic mass is 32.2. The minimum Gasteiger partial charge on any atom is -0.480 e. The number of nitrogens with zero attached hydrogens (tertiary/aromatic N) is 4. The van der Waals surface area contributed by atoms with E-state index in [1.54, 1.807) is 0 Å². The first-order valence-corrected chi connectivity index (χ1v) is 15.5. The molecular formula is C26H26N8O8S2. The van der Waals surface area contributed by atoms with Gasteiger partial charge in [-0.2, -0.15) is 0 Å². The van der Waals surface area contributed by atoms with E-state index >= 15 is 0 Å². The normalized spacial score (nSPS) is 11.2. The van der Waals surface area contributed by atoms with E-state index in [-0.39, 0.29) is 46.0 Å². The first kappa shape index (κ1) is 31.6. The molecule has 0 atom stereocenters. The Morgan fingerprint density at radius 1 is 0.568 bits per heavy atom. The second kappa shape index (κ2) is 13.7. The molecule has 0 unspecified atom stereocenters. The van der Waals surface area contributed by atoms with Crippen molar-refractivity contribution in [3.8, 4) is 11.8 Å². The molecule has 2 heterocycles. The third-order valence-corrected chi connectivity index (χ3v) is 8.39. The van der Waals surface area contributed by atoms with Crippen molar-refractivity contribution in [2.45, 2.75) is 22.6 Å². The maximum Gasteiger partial charge on any atom is 0.263 e. The van der Waals surface area contributed by atoms with Crippen LogP contribution >= 0.6 is 0 Å². The summed E-state index contributed by atoms with van der Waals surface area (Å²) < 4.78 is 64.7. The van der Waals surface area contributed by atoms with Crippen molar-refractivity contribution in [1.82, 2.24) is 20.4 Å². The number of nitrogens with one attached hydrogen (secondary N) is 4. The molecule has 0 aliphatic heterocycles. The van der Waals surface area contributed by atoms with E-state index in [9.17, 15) is 26.4 Å². The van der Waals surface area contributed by atoms with Crippen LogP contribution in [0.4, 0.5) is 23.0 Å². The highest BCUT2D eigenvalue weighted by Gasteiger charge is 2.17. The third-order valence-electron chi connectivity index (χ3n) is 5.65. The number of benzene rings is 2. The molecule has 0 aliphatic rings. The lowest BCUT2D eigenvalue weighted by molar-refractivity contribution is -0.121. The van der Waals surface area contributed by atoms with Crippen LogP contribution in [0.3, 0.4) is 0 Å². The summed E-state index contributed by atoms with van der Waals surface area (Å²) in [5, 5.41) is 20.0. The number of anilines is 4. The Kier molecular flexibility index (Phi) is 9.86. The zero-order valence-electron chi connectivity index (χ0n) is 23.2. The van der Waals surface area contributed by atoms with Gasteiger partial charge in [0, 0.05) is 36.3 Å². The average molecular weight is 643 g/mol. The molecule has 0 bridgehead atoms. The highest BCUT2D eigenvalue weighted by molar-refractivity contribution is 7.93. The van der Waals surface area contributed by atoms with E-state index in [2.05, 4.69) is 40.5 Å². The van der Waals surface area contributed by atoms with Crippen molar-refractivity contribution in [3.63, 3.8) is 0 Å². The summed E-state index contributed by atoms with van der Waals surface area (Å²) in [5.74, 6) is -0.501. The predicted octanol–water partition coefficient (Wildman–Crippen LogP) is 2.24. The van der Waals surface area contributed by atoms with E-state index in [4.69, 9.17) is 9.47 Å². The van der Waals surface area contributed by atoms with Crippen LogP contribution in [0.2, 0.25) is 0 Å². The zero-order chi connectivity index (χ0) is 31.7. The number of sulfonamides is 2. The van der Waals surface area contributed by atoms with Crippen molar-refractivity contribution in [2.75, 3.05) is 34.3 Å². The number of carbonyl (C=O) groups is 2. The number of amides is 2. The standard InChI is InChI=1S/C26H26N8O8S2/c1-41-25-15-11-21(29-31-25)33-43(37,38)19-7-3-17(4-8-19)27-23(35)13-14-24(36)28-18-5-9-20(10-6-18)44(39,40)34-22-12-16-26(42-2)32-30-22/h3-12,15-16H,13-14H2,1-2H3,(H,27,35)(H,28,36)(H,29,33)(H,30,34). The van der Waals surface area contributed by atoms with Gasteiger partial charge in [0.25, 0.3) is 20.0 Å². The summed E-state index contributed by atoms with van der Waals surface area (Å²) in [6.07, 6.45) is -0.328. The summed E-state index contributed by atoms with van der Waals surface area (Å²) in [5.41, 5.74) is 0.647. The number of methoxy groups -OCH3 is 2. The largest absolute Gasteiger partial charge is 0.480 e. The molecular weight excluding hydrogens is 616 g/mol. The molecule has 44 heavy (non-hydrogen) atoms. The number of aromatic nitrogens is 4. The van der Waals surface area contributed by atoms with Gasteiger partial charge in [0.1, 0.15) is 0 Å². The number of ether oxygens (including phenoxy) is 2. The van der Waals surface area contributed by atoms with Crippen LogP contribution in [-0.4, -0.2) is 63.3 Å². The third kappa shape index (κ3) is 8.58. The molecule has 4 N–H and O–H groups in total. The fraction of sp³-hybridized carbons (Fsp3) is 0.154. The number of hydrogen-bond donors (Lipinski definition) is 4. The lowest BCUT2D eigenvalue weighted by Gasteiger charge is -2.10. The van der Waals surface area contributed by atoms with E-state index in [1.807, 2.05) is 0 Å². The Hall–Kier alpha value is -5.36. The summed E-state index contributed by atoms with van der Waals surface area (Å²) in [6.45, 7) is 0. The Morgan fingerprint density at radius 2 is 0.932 bits per heavy atom. The first-order chi connectivity index (χ1) is 21.0. The van der Waals surface area contributed by atoms with E-state index in [1.165, 1.54) is 87.0 Å². The summed E-state index contributed by atoms with van der Waals surface area (Å²) in [4.78, 5) is 24.6. The molecule has 230 valence electrons. The van der Waals surface area contributed by atoms with E-state index in [0.717, 1.165) is 0 Å². The van der Waals surface area contributed by atoms with Gasteiger partial charge >= 0.3 is 0 Å². The van der Waals surface area contributed by atoms with Crippen LogP contribution in [-0.2, 0) is 29.6 Å². The van der Waals surface area contributed by atoms with Crippen LogP contribution in [0.25, 0.3) is 0 Å². The molecule has 2 amide bonds. The van der Waals surface area contributed by atoms with Crippen LogP contribution in [0.15, 0.2) is 82.6 Å². The highest BCUT2D eigenvalue weighted by Crippen LogP contribution is 2.20. The second-order valence-electron chi connectivity index (χ2n) is 8.78. The molecule has 4 aromatic rings. The van der Waals surface area contributed by atoms with Crippen molar-refractivity contribution < 1.29 is 35.9 Å². The van der Waals surface area contributed by atoms with Gasteiger partial charge in [-0.15, -0.1) is 20.4 Å². The van der Waals surface area contributed by atoms with E-state index < -0.39 is 31.9 Å². The molecule has 0 radical (unpaired) electrons. The monoisotopic (exact) mass is 642 g/mol. The molecule has 4 rings (SSSR count). The molecule has 18 heteroatoms. The number of carbonyl (C=O) groups excluding carboxylic acids is 2. The molecule has 2 aromatic heterocycles. The number of rotatable bonds is 13. The first-order valence-electron chi connectivity index (χ1n) is 12.6. The quantitative estimate of drug-likeness (QED) is 0.165. The van der Waals surface area contributed by atoms with Crippen LogP contribution in [0.1, 0.15) is 12.8 Å². The van der Waals surface area contributed by atoms with Gasteiger partial charge in [-0.05, 0) is 60.7 Å². The van der Waals surface area contributed by atoms with Crippen LogP contribution < -0.4 is 29.6 Å². The summed E-state index contributed by atoms with van der Waals surface area (Å²) in [7, 11) is -5.11. The van der Waals surface area contributed by atoms with Crippen LogP contribution in [0, 0.1) is 0 Å². The van der Waals surface area contributed by atoms with E-state index in [0.29, 0.717) is 11.4 Å². The fourth-order valence-corrected chi connectivity index (χ4v) is 5.46. The van der Waals surface area contributed by atoms with Gasteiger partial charge < -0.3 is 20.1 Å². The van der Waals surface area contributed by atoms with Gasteiger partial charge in [0.2, 0.25) is 23.6 Å². The average Bonchev–Trinajstić information content (AvgIpc) is 3.01.